The third kappa shape index (κ3) is 3.51. The zero-order chi connectivity index (χ0) is 19.7. The fraction of sp³-hybridized carbons (Fsp3) is 0.316. The van der Waals surface area contributed by atoms with Gasteiger partial charge in [-0.05, 0) is 32.0 Å². The van der Waals surface area contributed by atoms with Crippen LogP contribution in [0.1, 0.15) is 26.3 Å². The van der Waals surface area contributed by atoms with Gasteiger partial charge in [0, 0.05) is 30.9 Å². The number of anilines is 2. The van der Waals surface area contributed by atoms with Crippen LogP contribution in [0.15, 0.2) is 47.0 Å². The summed E-state index contributed by atoms with van der Waals surface area (Å²) in [6.07, 6.45) is 1.96. The van der Waals surface area contributed by atoms with Crippen molar-refractivity contribution >= 4 is 23.5 Å². The highest BCUT2D eigenvalue weighted by Gasteiger charge is 2.35. The van der Waals surface area contributed by atoms with Gasteiger partial charge in [0.25, 0.3) is 5.89 Å². The largest absolute Gasteiger partial charge is 0.401 e. The summed E-state index contributed by atoms with van der Waals surface area (Å²) < 4.78 is 7.28. The van der Waals surface area contributed by atoms with Crippen LogP contribution in [0.3, 0.4) is 0 Å². The molecule has 4 rings (SSSR count). The maximum absolute atomic E-state index is 12.5. The Hall–Kier alpha value is -3.49. The molecule has 0 aliphatic carbocycles. The first-order chi connectivity index (χ1) is 13.5. The molecule has 144 valence electrons. The Morgan fingerprint density at radius 3 is 2.71 bits per heavy atom. The van der Waals surface area contributed by atoms with E-state index in [0.29, 0.717) is 12.2 Å². The van der Waals surface area contributed by atoms with Crippen LogP contribution >= 0.6 is 0 Å². The van der Waals surface area contributed by atoms with Crippen molar-refractivity contribution in [3.05, 3.63) is 42.6 Å². The standard InChI is InChI=1S/C19H20N6O3/c1-12(2)25-9-8-15(23-25)18-21-22-19(28-18)20-17(27)13-10-16(26)24(11-13)14-6-4-3-5-7-14/h3-9,12-13H,10-11H2,1-2H3,(H,20,22,27). The number of nitrogens with one attached hydrogen (secondary N) is 1. The Kier molecular flexibility index (Phi) is 4.64. The van der Waals surface area contributed by atoms with Gasteiger partial charge < -0.3 is 9.32 Å². The van der Waals surface area contributed by atoms with E-state index in [1.807, 2.05) is 50.4 Å². The molecular weight excluding hydrogens is 360 g/mol. The van der Waals surface area contributed by atoms with E-state index in [1.54, 1.807) is 15.6 Å². The minimum atomic E-state index is -0.483. The van der Waals surface area contributed by atoms with E-state index in [2.05, 4.69) is 20.6 Å². The van der Waals surface area contributed by atoms with Gasteiger partial charge in [0.05, 0.1) is 5.92 Å². The summed E-state index contributed by atoms with van der Waals surface area (Å²) in [5.41, 5.74) is 1.32. The van der Waals surface area contributed by atoms with Crippen LogP contribution in [0.25, 0.3) is 11.6 Å². The van der Waals surface area contributed by atoms with Crippen LogP contribution in [0.5, 0.6) is 0 Å². The minimum Gasteiger partial charge on any atom is -0.401 e. The molecule has 28 heavy (non-hydrogen) atoms. The van der Waals surface area contributed by atoms with E-state index in [9.17, 15) is 9.59 Å². The van der Waals surface area contributed by atoms with Gasteiger partial charge in [-0.15, -0.1) is 5.10 Å². The maximum atomic E-state index is 12.5. The van der Waals surface area contributed by atoms with Crippen molar-refractivity contribution in [2.24, 2.45) is 5.92 Å². The molecule has 3 heterocycles. The Balaban J connectivity index is 1.42. The second-order valence-electron chi connectivity index (χ2n) is 6.92. The molecule has 1 atom stereocenters. The smallest absolute Gasteiger partial charge is 0.322 e. The highest BCUT2D eigenvalue weighted by atomic mass is 16.4. The normalized spacial score (nSPS) is 16.8. The number of hydrogen-bond acceptors (Lipinski definition) is 6. The molecule has 3 aromatic rings. The fourth-order valence-corrected chi connectivity index (χ4v) is 3.07. The molecule has 0 radical (unpaired) electrons. The Morgan fingerprint density at radius 2 is 2.00 bits per heavy atom. The number of benzene rings is 1. The van der Waals surface area contributed by atoms with Crippen molar-refractivity contribution in [1.82, 2.24) is 20.0 Å². The lowest BCUT2D eigenvalue weighted by molar-refractivity contribution is -0.122. The number of para-hydroxylation sites is 1. The molecule has 9 heteroatoms. The molecule has 1 fully saturated rings. The number of carbonyl (C=O) groups excluding carboxylic acids is 2. The monoisotopic (exact) mass is 380 g/mol. The van der Waals surface area contributed by atoms with E-state index in [4.69, 9.17) is 4.42 Å². The number of carbonyl (C=O) groups is 2. The first kappa shape index (κ1) is 17.9. The SMILES string of the molecule is CC(C)n1ccc(-c2nnc(NC(=O)C3CC(=O)N(c4ccccc4)C3)o2)n1. The average molecular weight is 380 g/mol. The van der Waals surface area contributed by atoms with Gasteiger partial charge in [-0.3, -0.25) is 19.6 Å². The topological polar surface area (TPSA) is 106 Å². The molecule has 1 aromatic carbocycles. The van der Waals surface area contributed by atoms with Crippen molar-refractivity contribution in [2.45, 2.75) is 26.3 Å². The van der Waals surface area contributed by atoms with Crippen LogP contribution in [-0.2, 0) is 9.59 Å². The Labute approximate surface area is 161 Å². The van der Waals surface area contributed by atoms with E-state index in [0.717, 1.165) is 5.69 Å². The Bertz CT molecular complexity index is 994. The van der Waals surface area contributed by atoms with Gasteiger partial charge >= 0.3 is 6.01 Å². The average Bonchev–Trinajstić information content (AvgIpc) is 3.41. The predicted molar refractivity (Wildman–Crippen MR) is 101 cm³/mol. The molecule has 2 aromatic heterocycles. The van der Waals surface area contributed by atoms with Crippen molar-refractivity contribution in [3.8, 4) is 11.6 Å². The minimum absolute atomic E-state index is 0.00953. The Morgan fingerprint density at radius 1 is 1.21 bits per heavy atom. The molecule has 1 unspecified atom stereocenters. The lowest BCUT2D eigenvalue weighted by Gasteiger charge is -2.16. The third-order valence-electron chi connectivity index (χ3n) is 4.58. The van der Waals surface area contributed by atoms with Crippen LogP contribution in [-0.4, -0.2) is 38.3 Å². The molecule has 1 aliphatic rings. The summed E-state index contributed by atoms with van der Waals surface area (Å²) in [5, 5.41) is 14.8. The quantitative estimate of drug-likeness (QED) is 0.729. The van der Waals surface area contributed by atoms with E-state index < -0.39 is 5.92 Å². The maximum Gasteiger partial charge on any atom is 0.322 e. The molecule has 0 spiro atoms. The van der Waals surface area contributed by atoms with Crippen LogP contribution < -0.4 is 10.2 Å². The van der Waals surface area contributed by atoms with Gasteiger partial charge in [-0.1, -0.05) is 23.3 Å². The summed E-state index contributed by atoms with van der Waals surface area (Å²) in [6.45, 7) is 4.34. The highest BCUT2D eigenvalue weighted by Crippen LogP contribution is 2.26. The van der Waals surface area contributed by atoms with Crippen molar-refractivity contribution in [3.63, 3.8) is 0 Å². The van der Waals surface area contributed by atoms with E-state index in [1.165, 1.54) is 0 Å². The van der Waals surface area contributed by atoms with Crippen LogP contribution in [0.2, 0.25) is 0 Å². The number of rotatable bonds is 5. The van der Waals surface area contributed by atoms with E-state index >= 15 is 0 Å². The van der Waals surface area contributed by atoms with Crippen molar-refractivity contribution in [2.75, 3.05) is 16.8 Å². The molecule has 2 amide bonds. The van der Waals surface area contributed by atoms with Crippen LogP contribution in [0, 0.1) is 5.92 Å². The zero-order valence-electron chi connectivity index (χ0n) is 15.6. The molecular formula is C19H20N6O3. The summed E-state index contributed by atoms with van der Waals surface area (Å²) in [5.74, 6) is -0.669. The second kappa shape index (κ2) is 7.26. The fourth-order valence-electron chi connectivity index (χ4n) is 3.07. The lowest BCUT2D eigenvalue weighted by Crippen LogP contribution is -2.28. The van der Waals surface area contributed by atoms with E-state index in [-0.39, 0.29) is 36.2 Å². The molecule has 9 nitrogen and oxygen atoms in total. The molecule has 0 saturated carbocycles. The molecule has 0 bridgehead atoms. The lowest BCUT2D eigenvalue weighted by atomic mass is 10.1. The highest BCUT2D eigenvalue weighted by molar-refractivity contribution is 6.02. The summed E-state index contributed by atoms with van der Waals surface area (Å²) >= 11 is 0. The third-order valence-corrected chi connectivity index (χ3v) is 4.58. The van der Waals surface area contributed by atoms with Gasteiger partial charge in [0.15, 0.2) is 0 Å². The number of nitrogens with zero attached hydrogens (tertiary/aromatic N) is 5. The van der Waals surface area contributed by atoms with Gasteiger partial charge in [-0.25, -0.2) is 0 Å². The number of amides is 2. The summed E-state index contributed by atoms with van der Waals surface area (Å²) in [4.78, 5) is 26.4. The van der Waals surface area contributed by atoms with Crippen molar-refractivity contribution < 1.29 is 14.0 Å². The zero-order valence-corrected chi connectivity index (χ0v) is 15.6. The van der Waals surface area contributed by atoms with Gasteiger partial charge in [0.1, 0.15) is 5.69 Å². The second-order valence-corrected chi connectivity index (χ2v) is 6.92. The first-order valence-electron chi connectivity index (χ1n) is 9.06. The number of aromatic nitrogens is 4. The predicted octanol–water partition coefficient (Wildman–Crippen LogP) is 2.51. The van der Waals surface area contributed by atoms with Crippen LogP contribution in [0.4, 0.5) is 11.7 Å². The van der Waals surface area contributed by atoms with Gasteiger partial charge in [0.2, 0.25) is 11.8 Å². The molecule has 1 saturated heterocycles. The number of hydrogen-bond donors (Lipinski definition) is 1. The molecule has 1 aliphatic heterocycles. The first-order valence-corrected chi connectivity index (χ1v) is 9.06. The molecule has 1 N–H and O–H groups in total. The summed E-state index contributed by atoms with van der Waals surface area (Å²) in [6, 6.07) is 11.3. The van der Waals surface area contributed by atoms with Crippen molar-refractivity contribution in [1.29, 1.82) is 0 Å². The summed E-state index contributed by atoms with van der Waals surface area (Å²) in [7, 11) is 0. The van der Waals surface area contributed by atoms with Gasteiger partial charge in [-0.2, -0.15) is 5.10 Å².